The zero-order chi connectivity index (χ0) is 25.7. The summed E-state index contributed by atoms with van der Waals surface area (Å²) in [5.41, 5.74) is 1.80. The molecule has 1 aliphatic heterocycles. The van der Waals surface area contributed by atoms with E-state index in [9.17, 15) is 14.0 Å². The van der Waals surface area contributed by atoms with Crippen molar-refractivity contribution in [1.82, 2.24) is 14.7 Å². The van der Waals surface area contributed by atoms with Crippen LogP contribution in [0.5, 0.6) is 0 Å². The van der Waals surface area contributed by atoms with Gasteiger partial charge in [-0.2, -0.15) is 0 Å². The Morgan fingerprint density at radius 3 is 2.46 bits per heavy atom. The van der Waals surface area contributed by atoms with Gasteiger partial charge in [0.05, 0.1) is 17.6 Å². The molecule has 1 aromatic carbocycles. The van der Waals surface area contributed by atoms with Gasteiger partial charge in [-0.1, -0.05) is 17.7 Å². The first-order valence-corrected chi connectivity index (χ1v) is 13.0. The molecule has 2 heterocycles. The predicted molar refractivity (Wildman–Crippen MR) is 142 cm³/mol. The topological polar surface area (TPSA) is 65.1 Å². The number of anilines is 1. The number of amides is 1. The molecule has 0 bridgehead atoms. The molecule has 1 fully saturated rings. The fourth-order valence-corrected chi connectivity index (χ4v) is 5.72. The Labute approximate surface area is 219 Å². The molecule has 1 aliphatic rings. The van der Waals surface area contributed by atoms with Crippen molar-refractivity contribution in [2.75, 3.05) is 51.7 Å². The van der Waals surface area contributed by atoms with E-state index in [0.717, 1.165) is 18.7 Å². The number of esters is 1. The zero-order valence-electron chi connectivity index (χ0n) is 20.3. The molecule has 0 aliphatic carbocycles. The molecular formula is C24H30ClFN4O3S2. The minimum Gasteiger partial charge on any atom is -0.465 e. The monoisotopic (exact) mass is 540 g/mol. The van der Waals surface area contributed by atoms with Gasteiger partial charge in [0, 0.05) is 50.8 Å². The fraction of sp³-hybridized carbons (Fsp3) is 0.458. The highest BCUT2D eigenvalue weighted by Gasteiger charge is 2.29. The van der Waals surface area contributed by atoms with E-state index in [0.29, 0.717) is 63.9 Å². The lowest BCUT2D eigenvalue weighted by atomic mass is 10.1. The summed E-state index contributed by atoms with van der Waals surface area (Å²) in [7, 11) is 1.32. The summed E-state index contributed by atoms with van der Waals surface area (Å²) in [6, 6.07) is 4.45. The first kappa shape index (κ1) is 27.3. The number of nitrogens with zero attached hydrogens (tertiary/aromatic N) is 3. The van der Waals surface area contributed by atoms with Crippen molar-refractivity contribution in [1.29, 1.82) is 0 Å². The van der Waals surface area contributed by atoms with Gasteiger partial charge < -0.3 is 19.9 Å². The van der Waals surface area contributed by atoms with Crippen molar-refractivity contribution in [2.24, 2.45) is 0 Å². The van der Waals surface area contributed by atoms with Crippen molar-refractivity contribution in [3.63, 3.8) is 0 Å². The summed E-state index contributed by atoms with van der Waals surface area (Å²) in [5.74, 6) is -0.976. The number of hydrogen-bond donors (Lipinski definition) is 1. The number of ether oxygens (including phenoxy) is 1. The van der Waals surface area contributed by atoms with Gasteiger partial charge in [-0.15, -0.1) is 11.3 Å². The molecule has 0 spiro atoms. The molecule has 0 saturated carbocycles. The minimum absolute atomic E-state index is 0.116. The van der Waals surface area contributed by atoms with Crippen molar-refractivity contribution >= 4 is 57.1 Å². The van der Waals surface area contributed by atoms with Gasteiger partial charge in [0.2, 0.25) is 0 Å². The lowest BCUT2D eigenvalue weighted by Crippen LogP contribution is -2.49. The van der Waals surface area contributed by atoms with E-state index in [1.165, 1.54) is 30.6 Å². The van der Waals surface area contributed by atoms with Crippen LogP contribution in [0.3, 0.4) is 0 Å². The van der Waals surface area contributed by atoms with E-state index in [1.807, 2.05) is 18.7 Å². The molecule has 0 unspecified atom stereocenters. The number of halogens is 2. The smallest absolute Gasteiger partial charge is 0.341 e. The highest BCUT2D eigenvalue weighted by molar-refractivity contribution is 7.80. The van der Waals surface area contributed by atoms with Gasteiger partial charge in [0.1, 0.15) is 10.8 Å². The number of thiophene rings is 1. The highest BCUT2D eigenvalue weighted by Crippen LogP contribution is 2.35. The lowest BCUT2D eigenvalue weighted by Gasteiger charge is -2.36. The van der Waals surface area contributed by atoms with Crippen LogP contribution >= 0.6 is 35.2 Å². The summed E-state index contributed by atoms with van der Waals surface area (Å²) in [6.07, 6.45) is 0. The molecule has 1 amide bonds. The van der Waals surface area contributed by atoms with Crippen LogP contribution < -0.4 is 5.32 Å². The zero-order valence-corrected chi connectivity index (χ0v) is 22.7. The van der Waals surface area contributed by atoms with E-state index in [-0.39, 0.29) is 11.7 Å². The predicted octanol–water partition coefficient (Wildman–Crippen LogP) is 4.63. The molecule has 2 aromatic rings. The van der Waals surface area contributed by atoms with E-state index in [1.54, 1.807) is 17.9 Å². The number of methoxy groups -OCH3 is 1. The maximum absolute atomic E-state index is 13.3. The normalized spacial score (nSPS) is 14.1. The number of carbonyl (C=O) groups is 2. The van der Waals surface area contributed by atoms with Crippen molar-refractivity contribution < 1.29 is 18.7 Å². The molecule has 11 heteroatoms. The summed E-state index contributed by atoms with van der Waals surface area (Å²) in [6.45, 7) is 10.2. The standard InChI is InChI=1S/C24H30ClFN4O3S2/c1-5-29(6-2)22(31)20-15(3)19(23(32)33-4)21(35-20)27-24(34)30-11-9-28(10-12-30)14-16-7-8-17(26)13-18(16)25/h7-8,13H,5-6,9-12,14H2,1-4H3,(H,27,34). The van der Waals surface area contributed by atoms with Crippen LogP contribution in [0.4, 0.5) is 9.39 Å². The maximum Gasteiger partial charge on any atom is 0.341 e. The number of carbonyl (C=O) groups excluding carboxylic acids is 2. The van der Waals surface area contributed by atoms with Crippen LogP contribution in [0.15, 0.2) is 18.2 Å². The molecule has 3 rings (SSSR count). The van der Waals surface area contributed by atoms with E-state index in [2.05, 4.69) is 10.2 Å². The van der Waals surface area contributed by atoms with Gasteiger partial charge in [-0.3, -0.25) is 9.69 Å². The second-order valence-corrected chi connectivity index (χ2v) is 9.97. The molecule has 7 nitrogen and oxygen atoms in total. The molecule has 1 aromatic heterocycles. The van der Waals surface area contributed by atoms with Gasteiger partial charge >= 0.3 is 5.97 Å². The van der Waals surface area contributed by atoms with Crippen molar-refractivity contribution in [3.05, 3.63) is 50.6 Å². The summed E-state index contributed by atoms with van der Waals surface area (Å²) in [5, 5.41) is 4.60. The molecule has 35 heavy (non-hydrogen) atoms. The Kier molecular flexibility index (Phi) is 9.46. The van der Waals surface area contributed by atoms with E-state index < -0.39 is 5.97 Å². The van der Waals surface area contributed by atoms with Crippen LogP contribution in [-0.2, 0) is 11.3 Å². The third kappa shape index (κ3) is 6.30. The Morgan fingerprint density at radius 1 is 1.23 bits per heavy atom. The van der Waals surface area contributed by atoms with Crippen molar-refractivity contribution in [3.8, 4) is 0 Å². The van der Waals surface area contributed by atoms with Gasteiger partial charge in [-0.05, 0) is 56.2 Å². The number of piperazine rings is 1. The second kappa shape index (κ2) is 12.1. The highest BCUT2D eigenvalue weighted by atomic mass is 35.5. The van der Waals surface area contributed by atoms with Gasteiger partial charge in [-0.25, -0.2) is 9.18 Å². The summed E-state index contributed by atoms with van der Waals surface area (Å²) in [4.78, 5) is 32.0. The summed E-state index contributed by atoms with van der Waals surface area (Å²) < 4.78 is 18.3. The van der Waals surface area contributed by atoms with Gasteiger partial charge in [0.15, 0.2) is 5.11 Å². The first-order valence-electron chi connectivity index (χ1n) is 11.4. The van der Waals surface area contributed by atoms with Crippen LogP contribution in [-0.4, -0.2) is 78.1 Å². The number of thiocarbonyl (C=S) groups is 1. The van der Waals surface area contributed by atoms with Gasteiger partial charge in [0.25, 0.3) is 5.91 Å². The fourth-order valence-electron chi connectivity index (χ4n) is 3.98. The van der Waals surface area contributed by atoms with Crippen LogP contribution in [0.2, 0.25) is 5.02 Å². The van der Waals surface area contributed by atoms with E-state index in [4.69, 9.17) is 28.6 Å². The first-order chi connectivity index (χ1) is 16.7. The third-order valence-corrected chi connectivity index (χ3v) is 7.98. The number of rotatable bonds is 7. The summed E-state index contributed by atoms with van der Waals surface area (Å²) >= 11 is 13.0. The Balaban J connectivity index is 1.70. The Morgan fingerprint density at radius 2 is 1.89 bits per heavy atom. The average molecular weight is 541 g/mol. The maximum atomic E-state index is 13.3. The Bertz CT molecular complexity index is 1100. The molecular weight excluding hydrogens is 511 g/mol. The van der Waals surface area contributed by atoms with Crippen LogP contribution in [0.25, 0.3) is 0 Å². The van der Waals surface area contributed by atoms with Crippen LogP contribution in [0, 0.1) is 12.7 Å². The minimum atomic E-state index is -0.511. The largest absolute Gasteiger partial charge is 0.465 e. The second-order valence-electron chi connectivity index (χ2n) is 8.16. The SMILES string of the molecule is CCN(CC)C(=O)c1sc(NC(=S)N2CCN(Cc3ccc(F)cc3Cl)CC2)c(C(=O)OC)c1C. The molecule has 0 radical (unpaired) electrons. The molecule has 190 valence electrons. The number of hydrogen-bond acceptors (Lipinski definition) is 6. The number of benzene rings is 1. The average Bonchev–Trinajstić information content (AvgIpc) is 3.16. The molecule has 0 atom stereocenters. The van der Waals surface area contributed by atoms with Crippen molar-refractivity contribution in [2.45, 2.75) is 27.3 Å². The van der Waals surface area contributed by atoms with E-state index >= 15 is 0 Å². The van der Waals surface area contributed by atoms with Crippen LogP contribution in [0.1, 0.15) is 45.0 Å². The third-order valence-electron chi connectivity index (χ3n) is 6.07. The molecule has 1 N–H and O–H groups in total. The lowest BCUT2D eigenvalue weighted by molar-refractivity contribution is 0.0601. The molecule has 1 saturated heterocycles. The number of nitrogens with one attached hydrogen (secondary N) is 1. The Hall–Kier alpha value is -2.27. The quantitative estimate of drug-likeness (QED) is 0.405.